The smallest absolute Gasteiger partial charge is 0.317 e. The molecule has 2 aliphatic heterocycles. The first-order valence-electron chi connectivity index (χ1n) is 7.99. The molecule has 3 heterocycles. The first kappa shape index (κ1) is 16.3. The lowest BCUT2D eigenvalue weighted by Crippen LogP contribution is -2.48. The van der Waals surface area contributed by atoms with Gasteiger partial charge in [-0.2, -0.15) is 0 Å². The van der Waals surface area contributed by atoms with Crippen molar-refractivity contribution in [3.05, 3.63) is 17.4 Å². The van der Waals surface area contributed by atoms with Gasteiger partial charge in [0.1, 0.15) is 6.10 Å². The molecular formula is C15H21ClN4O3. The van der Waals surface area contributed by atoms with E-state index in [1.165, 1.54) is 12.4 Å². The van der Waals surface area contributed by atoms with Crippen LogP contribution in [0, 0.1) is 0 Å². The summed E-state index contributed by atoms with van der Waals surface area (Å²) >= 11 is 5.74. The van der Waals surface area contributed by atoms with E-state index in [4.69, 9.17) is 21.1 Å². The van der Waals surface area contributed by atoms with Gasteiger partial charge < -0.3 is 19.7 Å². The zero-order valence-corrected chi connectivity index (χ0v) is 13.7. The summed E-state index contributed by atoms with van der Waals surface area (Å²) in [6, 6.07) is 0.303. The van der Waals surface area contributed by atoms with Crippen LogP contribution in [0.25, 0.3) is 0 Å². The minimum Gasteiger partial charge on any atom is -0.460 e. The molecule has 2 saturated heterocycles. The molecule has 8 heteroatoms. The normalized spacial score (nSPS) is 22.1. The fraction of sp³-hybridized carbons (Fsp3) is 0.667. The second-order valence-electron chi connectivity index (χ2n) is 5.81. The standard InChI is InChI=1S/C15H21ClN4O3/c16-11-8-17-14(18-9-11)23-12-3-5-20(6-4-12)15(21)19-10-13-2-1-7-22-13/h8-9,12-13H,1-7,10H2,(H,19,21). The molecule has 1 aromatic rings. The van der Waals surface area contributed by atoms with Crippen LogP contribution in [0.5, 0.6) is 6.01 Å². The number of nitrogens with one attached hydrogen (secondary N) is 1. The minimum absolute atomic E-state index is 0.0262. The number of urea groups is 1. The quantitative estimate of drug-likeness (QED) is 0.905. The van der Waals surface area contributed by atoms with Crippen molar-refractivity contribution in [1.29, 1.82) is 0 Å². The average Bonchev–Trinajstić information content (AvgIpc) is 3.09. The molecular weight excluding hydrogens is 320 g/mol. The van der Waals surface area contributed by atoms with E-state index in [0.29, 0.717) is 30.7 Å². The Morgan fingerprint density at radius 1 is 1.35 bits per heavy atom. The van der Waals surface area contributed by atoms with Crippen LogP contribution in [-0.4, -0.2) is 59.3 Å². The first-order chi connectivity index (χ1) is 11.2. The van der Waals surface area contributed by atoms with Crippen LogP contribution >= 0.6 is 11.6 Å². The third-order valence-corrected chi connectivity index (χ3v) is 4.30. The maximum Gasteiger partial charge on any atom is 0.317 e. The SMILES string of the molecule is O=C(NCC1CCCO1)N1CCC(Oc2ncc(Cl)cn2)CC1. The second-order valence-corrected chi connectivity index (χ2v) is 6.25. The van der Waals surface area contributed by atoms with Crippen LogP contribution in [0.4, 0.5) is 4.79 Å². The number of ether oxygens (including phenoxy) is 2. The van der Waals surface area contributed by atoms with Crippen molar-refractivity contribution in [2.75, 3.05) is 26.2 Å². The van der Waals surface area contributed by atoms with Gasteiger partial charge in [-0.05, 0) is 12.8 Å². The number of rotatable bonds is 4. The Morgan fingerprint density at radius 3 is 2.74 bits per heavy atom. The molecule has 0 saturated carbocycles. The Hall–Kier alpha value is -1.60. The van der Waals surface area contributed by atoms with E-state index < -0.39 is 0 Å². The number of halogens is 1. The molecule has 0 aliphatic carbocycles. The summed E-state index contributed by atoms with van der Waals surface area (Å²) < 4.78 is 11.2. The van der Waals surface area contributed by atoms with Crippen molar-refractivity contribution in [2.24, 2.45) is 0 Å². The molecule has 1 aromatic heterocycles. The number of piperidine rings is 1. The van der Waals surface area contributed by atoms with E-state index in [1.807, 2.05) is 4.90 Å². The zero-order valence-electron chi connectivity index (χ0n) is 12.9. The van der Waals surface area contributed by atoms with Gasteiger partial charge in [-0.1, -0.05) is 11.6 Å². The third kappa shape index (κ3) is 4.68. The lowest BCUT2D eigenvalue weighted by molar-refractivity contribution is 0.0941. The summed E-state index contributed by atoms with van der Waals surface area (Å²) in [4.78, 5) is 22.0. The number of nitrogens with zero attached hydrogens (tertiary/aromatic N) is 3. The Balaban J connectivity index is 1.39. The van der Waals surface area contributed by atoms with E-state index in [2.05, 4.69) is 15.3 Å². The van der Waals surface area contributed by atoms with E-state index in [0.717, 1.165) is 32.3 Å². The number of amides is 2. The summed E-state index contributed by atoms with van der Waals surface area (Å²) in [6.07, 6.45) is 6.85. The van der Waals surface area contributed by atoms with Crippen molar-refractivity contribution in [3.63, 3.8) is 0 Å². The van der Waals surface area contributed by atoms with Crippen molar-refractivity contribution in [2.45, 2.75) is 37.9 Å². The number of hydrogen-bond donors (Lipinski definition) is 1. The monoisotopic (exact) mass is 340 g/mol. The lowest BCUT2D eigenvalue weighted by atomic mass is 10.1. The molecule has 2 amide bonds. The molecule has 23 heavy (non-hydrogen) atoms. The van der Waals surface area contributed by atoms with Gasteiger partial charge in [0.25, 0.3) is 0 Å². The zero-order chi connectivity index (χ0) is 16.1. The van der Waals surface area contributed by atoms with Crippen molar-refractivity contribution >= 4 is 17.6 Å². The molecule has 1 N–H and O–H groups in total. The van der Waals surface area contributed by atoms with Gasteiger partial charge in [-0.15, -0.1) is 0 Å². The highest BCUT2D eigenvalue weighted by atomic mass is 35.5. The predicted octanol–water partition coefficient (Wildman–Crippen LogP) is 1.86. The molecule has 7 nitrogen and oxygen atoms in total. The van der Waals surface area contributed by atoms with Crippen LogP contribution in [0.1, 0.15) is 25.7 Å². The van der Waals surface area contributed by atoms with Gasteiger partial charge in [0.2, 0.25) is 0 Å². The van der Waals surface area contributed by atoms with Crippen molar-refractivity contribution in [3.8, 4) is 6.01 Å². The van der Waals surface area contributed by atoms with E-state index in [-0.39, 0.29) is 18.2 Å². The first-order valence-corrected chi connectivity index (χ1v) is 8.37. The molecule has 3 rings (SSSR count). The molecule has 1 unspecified atom stereocenters. The van der Waals surface area contributed by atoms with E-state index >= 15 is 0 Å². The maximum absolute atomic E-state index is 12.1. The number of likely N-dealkylation sites (tertiary alicyclic amines) is 1. The average molecular weight is 341 g/mol. The van der Waals surface area contributed by atoms with Gasteiger partial charge >= 0.3 is 12.0 Å². The summed E-state index contributed by atoms with van der Waals surface area (Å²) in [6.45, 7) is 2.72. The summed E-state index contributed by atoms with van der Waals surface area (Å²) in [5.74, 6) is 0. The fourth-order valence-electron chi connectivity index (χ4n) is 2.81. The highest BCUT2D eigenvalue weighted by molar-refractivity contribution is 6.30. The van der Waals surface area contributed by atoms with Gasteiger partial charge in [0.05, 0.1) is 23.5 Å². The molecule has 2 fully saturated rings. The Morgan fingerprint density at radius 2 is 2.09 bits per heavy atom. The molecule has 0 radical (unpaired) electrons. The van der Waals surface area contributed by atoms with Crippen LogP contribution in [-0.2, 0) is 4.74 Å². The van der Waals surface area contributed by atoms with Crippen molar-refractivity contribution < 1.29 is 14.3 Å². The molecule has 0 bridgehead atoms. The predicted molar refractivity (Wildman–Crippen MR) is 84.6 cm³/mol. The molecule has 1 atom stereocenters. The Labute approximate surface area is 140 Å². The number of carbonyl (C=O) groups is 1. The van der Waals surface area contributed by atoms with Crippen molar-refractivity contribution in [1.82, 2.24) is 20.2 Å². The molecule has 0 spiro atoms. The number of hydrogen-bond acceptors (Lipinski definition) is 5. The minimum atomic E-state index is -0.0262. The summed E-state index contributed by atoms with van der Waals surface area (Å²) in [5.41, 5.74) is 0. The fourth-order valence-corrected chi connectivity index (χ4v) is 2.90. The highest BCUT2D eigenvalue weighted by Crippen LogP contribution is 2.17. The van der Waals surface area contributed by atoms with Gasteiger partial charge in [0.15, 0.2) is 0 Å². The number of carbonyl (C=O) groups excluding carboxylic acids is 1. The largest absolute Gasteiger partial charge is 0.460 e. The van der Waals surface area contributed by atoms with Crippen LogP contribution < -0.4 is 10.1 Å². The maximum atomic E-state index is 12.1. The van der Waals surface area contributed by atoms with Crippen LogP contribution in [0.15, 0.2) is 12.4 Å². The molecule has 126 valence electrons. The topological polar surface area (TPSA) is 76.6 Å². The van der Waals surface area contributed by atoms with E-state index in [1.54, 1.807) is 0 Å². The van der Waals surface area contributed by atoms with Crippen LogP contribution in [0.3, 0.4) is 0 Å². The Kier molecular flexibility index (Phi) is 5.51. The van der Waals surface area contributed by atoms with E-state index in [9.17, 15) is 4.79 Å². The highest BCUT2D eigenvalue weighted by Gasteiger charge is 2.25. The molecule has 0 aromatic carbocycles. The van der Waals surface area contributed by atoms with Gasteiger partial charge in [-0.25, -0.2) is 14.8 Å². The summed E-state index contributed by atoms with van der Waals surface area (Å²) in [7, 11) is 0. The lowest BCUT2D eigenvalue weighted by Gasteiger charge is -2.31. The number of aromatic nitrogens is 2. The Bertz CT molecular complexity index is 514. The van der Waals surface area contributed by atoms with Gasteiger partial charge in [0, 0.05) is 39.1 Å². The van der Waals surface area contributed by atoms with Crippen LogP contribution in [0.2, 0.25) is 5.02 Å². The summed E-state index contributed by atoms with van der Waals surface area (Å²) in [5, 5.41) is 3.43. The second kappa shape index (κ2) is 7.79. The molecule has 2 aliphatic rings. The third-order valence-electron chi connectivity index (χ3n) is 4.10. The van der Waals surface area contributed by atoms with Gasteiger partial charge in [-0.3, -0.25) is 0 Å².